The Morgan fingerprint density at radius 2 is 1.82 bits per heavy atom. The minimum Gasteiger partial charge on any atom is -0.462 e. The molecule has 5 atom stereocenters. The van der Waals surface area contributed by atoms with Crippen LogP contribution in [0.5, 0.6) is 5.75 Å². The number of hydrogen-bond acceptors (Lipinski definition) is 7. The third-order valence-electron chi connectivity index (χ3n) is 3.28. The van der Waals surface area contributed by atoms with E-state index in [4.69, 9.17) is 14.6 Å². The van der Waals surface area contributed by atoms with E-state index in [0.717, 1.165) is 0 Å². The maximum absolute atomic E-state index is 10.9. The van der Waals surface area contributed by atoms with E-state index in [2.05, 4.69) is 5.32 Å². The van der Waals surface area contributed by atoms with Gasteiger partial charge in [0.2, 0.25) is 12.2 Å². The van der Waals surface area contributed by atoms with E-state index < -0.39 is 37.3 Å². The number of aliphatic hydroxyl groups excluding tert-OH is 4. The van der Waals surface area contributed by atoms with E-state index in [1.54, 1.807) is 24.3 Å². The topological polar surface area (TPSA) is 128 Å². The molecule has 1 heterocycles. The lowest BCUT2D eigenvalue weighted by Gasteiger charge is -2.39. The number of amides is 1. The van der Waals surface area contributed by atoms with Gasteiger partial charge in [0.05, 0.1) is 6.61 Å². The molecule has 0 bridgehead atoms. The molecule has 0 spiro atoms. The smallest absolute Gasteiger partial charge is 0.229 e. The van der Waals surface area contributed by atoms with Crippen molar-refractivity contribution in [3.8, 4) is 5.75 Å². The highest BCUT2D eigenvalue weighted by molar-refractivity contribution is 5.88. The summed E-state index contributed by atoms with van der Waals surface area (Å²) in [6, 6.07) is 6.29. The van der Waals surface area contributed by atoms with Gasteiger partial charge >= 0.3 is 0 Å². The summed E-state index contributed by atoms with van der Waals surface area (Å²) in [5.74, 6) is 0.126. The molecule has 1 aliphatic heterocycles. The lowest BCUT2D eigenvalue weighted by molar-refractivity contribution is -0.277. The van der Waals surface area contributed by atoms with Crippen LogP contribution in [-0.4, -0.2) is 63.6 Å². The van der Waals surface area contributed by atoms with E-state index in [9.17, 15) is 20.1 Å². The summed E-state index contributed by atoms with van der Waals surface area (Å²) in [5.41, 5.74) is 0.577. The summed E-state index contributed by atoms with van der Waals surface area (Å²) in [6.07, 6.45) is -6.64. The van der Waals surface area contributed by atoms with E-state index in [0.29, 0.717) is 11.4 Å². The molecule has 0 unspecified atom stereocenters. The van der Waals surface area contributed by atoms with Gasteiger partial charge in [-0.05, 0) is 24.3 Å². The minimum atomic E-state index is -1.49. The molecule has 0 aliphatic carbocycles. The highest BCUT2D eigenvalue weighted by Crippen LogP contribution is 2.25. The predicted molar refractivity (Wildman–Crippen MR) is 75.1 cm³/mol. The maximum Gasteiger partial charge on any atom is 0.229 e. The van der Waals surface area contributed by atoms with Crippen LogP contribution in [0.15, 0.2) is 24.3 Å². The van der Waals surface area contributed by atoms with Gasteiger partial charge in [-0.15, -0.1) is 0 Å². The molecule has 1 amide bonds. The van der Waals surface area contributed by atoms with E-state index >= 15 is 0 Å². The van der Waals surface area contributed by atoms with Crippen LogP contribution in [0.1, 0.15) is 6.92 Å². The highest BCUT2D eigenvalue weighted by atomic mass is 16.7. The van der Waals surface area contributed by atoms with Crippen molar-refractivity contribution >= 4 is 11.6 Å². The normalized spacial score (nSPS) is 31.6. The Balaban J connectivity index is 2.04. The molecule has 0 aromatic heterocycles. The molecule has 1 fully saturated rings. The average Bonchev–Trinajstić information content (AvgIpc) is 2.49. The molecule has 1 aromatic rings. The number of aliphatic hydroxyl groups is 4. The Bertz CT molecular complexity index is 504. The predicted octanol–water partition coefficient (Wildman–Crippen LogP) is -1.18. The van der Waals surface area contributed by atoms with Crippen LogP contribution < -0.4 is 10.1 Å². The fourth-order valence-corrected chi connectivity index (χ4v) is 2.12. The van der Waals surface area contributed by atoms with Crippen LogP contribution in [0.25, 0.3) is 0 Å². The lowest BCUT2D eigenvalue weighted by atomic mass is 9.99. The number of carbonyl (C=O) groups excluding carboxylic acids is 1. The first-order valence-electron chi connectivity index (χ1n) is 6.77. The molecule has 5 N–H and O–H groups in total. The van der Waals surface area contributed by atoms with Gasteiger partial charge in [-0.2, -0.15) is 0 Å². The fraction of sp³-hybridized carbons (Fsp3) is 0.500. The molecule has 2 rings (SSSR count). The van der Waals surface area contributed by atoms with Gasteiger partial charge in [0.25, 0.3) is 0 Å². The van der Waals surface area contributed by atoms with Crippen LogP contribution in [0, 0.1) is 0 Å². The van der Waals surface area contributed by atoms with Crippen LogP contribution in [0.2, 0.25) is 0 Å². The molecule has 1 aliphatic rings. The van der Waals surface area contributed by atoms with Gasteiger partial charge in [0.15, 0.2) is 0 Å². The second-order valence-corrected chi connectivity index (χ2v) is 5.02. The van der Waals surface area contributed by atoms with Crippen molar-refractivity contribution in [2.24, 2.45) is 0 Å². The summed E-state index contributed by atoms with van der Waals surface area (Å²) in [7, 11) is 0. The monoisotopic (exact) mass is 313 g/mol. The van der Waals surface area contributed by atoms with Crippen molar-refractivity contribution in [1.82, 2.24) is 0 Å². The number of anilines is 1. The van der Waals surface area contributed by atoms with Gasteiger partial charge in [-0.3, -0.25) is 4.79 Å². The zero-order valence-electron chi connectivity index (χ0n) is 11.9. The van der Waals surface area contributed by atoms with Crippen molar-refractivity contribution < 1.29 is 34.7 Å². The second kappa shape index (κ2) is 7.03. The molecular weight excluding hydrogens is 294 g/mol. The van der Waals surface area contributed by atoms with Gasteiger partial charge in [0, 0.05) is 12.6 Å². The highest BCUT2D eigenvalue weighted by Gasteiger charge is 2.44. The average molecular weight is 313 g/mol. The number of carbonyl (C=O) groups is 1. The van der Waals surface area contributed by atoms with Crippen LogP contribution in [0.3, 0.4) is 0 Å². The molecule has 122 valence electrons. The first-order chi connectivity index (χ1) is 10.4. The van der Waals surface area contributed by atoms with E-state index in [1.165, 1.54) is 6.92 Å². The number of ether oxygens (including phenoxy) is 2. The van der Waals surface area contributed by atoms with Crippen molar-refractivity contribution in [1.29, 1.82) is 0 Å². The molecule has 0 radical (unpaired) electrons. The number of hydrogen-bond donors (Lipinski definition) is 5. The Kier molecular flexibility index (Phi) is 5.33. The summed E-state index contributed by atoms with van der Waals surface area (Å²) >= 11 is 0. The molecular formula is C14H19NO7. The Morgan fingerprint density at radius 1 is 1.18 bits per heavy atom. The minimum absolute atomic E-state index is 0.206. The molecule has 0 saturated carbocycles. The zero-order chi connectivity index (χ0) is 16.3. The summed E-state index contributed by atoms with van der Waals surface area (Å²) < 4.78 is 10.6. The lowest BCUT2D eigenvalue weighted by Crippen LogP contribution is -2.60. The van der Waals surface area contributed by atoms with Crippen LogP contribution in [0.4, 0.5) is 5.69 Å². The van der Waals surface area contributed by atoms with Gasteiger partial charge in [-0.1, -0.05) is 0 Å². The van der Waals surface area contributed by atoms with Crippen LogP contribution >= 0.6 is 0 Å². The SMILES string of the molecule is CC(=O)Nc1ccc(O[C@@H]2O[C@H](CO)[C@@H](O)[C@H](O)[C@H]2O)cc1. The zero-order valence-corrected chi connectivity index (χ0v) is 11.9. The van der Waals surface area contributed by atoms with Crippen molar-refractivity contribution in [3.05, 3.63) is 24.3 Å². The Labute approximate surface area is 126 Å². The van der Waals surface area contributed by atoms with Crippen molar-refractivity contribution in [2.75, 3.05) is 11.9 Å². The molecule has 8 nitrogen and oxygen atoms in total. The summed E-state index contributed by atoms with van der Waals surface area (Å²) in [4.78, 5) is 10.9. The van der Waals surface area contributed by atoms with Gasteiger partial charge in [-0.25, -0.2) is 0 Å². The number of nitrogens with one attached hydrogen (secondary N) is 1. The first kappa shape index (κ1) is 16.7. The van der Waals surface area contributed by atoms with Crippen molar-refractivity contribution in [3.63, 3.8) is 0 Å². The van der Waals surface area contributed by atoms with E-state index in [1.807, 2.05) is 0 Å². The number of benzene rings is 1. The third kappa shape index (κ3) is 3.73. The maximum atomic E-state index is 10.9. The fourth-order valence-electron chi connectivity index (χ4n) is 2.12. The Hall–Kier alpha value is -1.71. The third-order valence-corrected chi connectivity index (χ3v) is 3.28. The van der Waals surface area contributed by atoms with Crippen molar-refractivity contribution in [2.45, 2.75) is 37.6 Å². The molecule has 8 heteroatoms. The molecule has 1 saturated heterocycles. The summed E-state index contributed by atoms with van der Waals surface area (Å²) in [6.45, 7) is 0.866. The van der Waals surface area contributed by atoms with Gasteiger partial charge in [0.1, 0.15) is 30.2 Å². The number of rotatable bonds is 4. The van der Waals surface area contributed by atoms with Gasteiger partial charge < -0.3 is 35.2 Å². The molecule has 1 aromatic carbocycles. The first-order valence-corrected chi connectivity index (χ1v) is 6.77. The largest absolute Gasteiger partial charge is 0.462 e. The molecule has 22 heavy (non-hydrogen) atoms. The quantitative estimate of drug-likeness (QED) is 0.473. The second-order valence-electron chi connectivity index (χ2n) is 5.02. The standard InChI is InChI=1S/C14H19NO7/c1-7(17)15-8-2-4-9(5-3-8)21-14-13(20)12(19)11(18)10(6-16)22-14/h2-5,10-14,16,18-20H,6H2,1H3,(H,15,17)/t10-,11-,12+,13-,14-/m1/s1. The Morgan fingerprint density at radius 3 is 2.36 bits per heavy atom. The summed E-state index contributed by atoms with van der Waals surface area (Å²) in [5, 5.41) is 40.9. The van der Waals surface area contributed by atoms with E-state index in [-0.39, 0.29) is 5.91 Å². The van der Waals surface area contributed by atoms with Crippen LogP contribution in [-0.2, 0) is 9.53 Å².